The lowest BCUT2D eigenvalue weighted by Gasteiger charge is -2.16. The van der Waals surface area contributed by atoms with Crippen LogP contribution in [-0.4, -0.2) is 22.5 Å². The number of esters is 1. The summed E-state index contributed by atoms with van der Waals surface area (Å²) in [6.45, 7) is 7.01. The van der Waals surface area contributed by atoms with E-state index in [1.165, 1.54) is 12.8 Å². The molecule has 152 valence electrons. The third-order valence-corrected chi connectivity index (χ3v) is 4.60. The third kappa shape index (κ3) is 6.95. The Hall–Kier alpha value is -2.43. The molecule has 0 aliphatic rings. The van der Waals surface area contributed by atoms with Crippen LogP contribution in [-0.2, 0) is 11.2 Å². The average Bonchev–Trinajstić information content (AvgIpc) is 2.73. The van der Waals surface area contributed by atoms with E-state index in [2.05, 4.69) is 23.8 Å². The van der Waals surface area contributed by atoms with Crippen LogP contribution < -0.4 is 4.74 Å². The number of rotatable bonds is 12. The van der Waals surface area contributed by atoms with E-state index in [4.69, 9.17) is 9.47 Å². The first-order chi connectivity index (χ1) is 13.7. The molecule has 0 N–H and O–H groups in total. The average molecular weight is 385 g/mol. The van der Waals surface area contributed by atoms with E-state index in [1.807, 2.05) is 31.2 Å². The Bertz CT molecular complexity index is 699. The normalized spacial score (nSPS) is 11.8. The Kier molecular flexibility index (Phi) is 9.46. The summed E-state index contributed by atoms with van der Waals surface area (Å²) in [6.07, 6.45) is 10.3. The second-order valence-corrected chi connectivity index (χ2v) is 6.95. The zero-order valence-electron chi connectivity index (χ0n) is 17.3. The molecule has 0 saturated heterocycles. The lowest BCUT2D eigenvalue weighted by Crippen LogP contribution is -2.14. The minimum absolute atomic E-state index is 0.109. The number of hydrogen-bond donors (Lipinski definition) is 0. The summed E-state index contributed by atoms with van der Waals surface area (Å²) in [6, 6.07) is 7.73. The molecule has 1 aromatic carbocycles. The maximum Gasteiger partial charge on any atom is 0.376 e. The molecular weight excluding hydrogens is 352 g/mol. The molecule has 0 aliphatic heterocycles. The van der Waals surface area contributed by atoms with Crippen molar-refractivity contribution in [2.24, 2.45) is 0 Å². The van der Waals surface area contributed by atoms with E-state index < -0.39 is 5.97 Å². The molecule has 0 fully saturated rings. The smallest absolute Gasteiger partial charge is 0.376 e. The first-order valence-electron chi connectivity index (χ1n) is 10.4. The van der Waals surface area contributed by atoms with Crippen LogP contribution in [0, 0.1) is 0 Å². The summed E-state index contributed by atoms with van der Waals surface area (Å²) < 4.78 is 11.3. The van der Waals surface area contributed by atoms with Gasteiger partial charge in [0.1, 0.15) is 11.9 Å². The van der Waals surface area contributed by atoms with Crippen molar-refractivity contribution in [1.29, 1.82) is 0 Å². The molecule has 2 rings (SSSR count). The summed E-state index contributed by atoms with van der Waals surface area (Å²) in [5.74, 6) is 0.452. The second kappa shape index (κ2) is 12.1. The summed E-state index contributed by atoms with van der Waals surface area (Å²) in [4.78, 5) is 20.8. The fourth-order valence-electron chi connectivity index (χ4n) is 2.85. The summed E-state index contributed by atoms with van der Waals surface area (Å²) >= 11 is 0. The Labute approximate surface area is 168 Å². The number of nitrogens with zero attached hydrogens (tertiary/aromatic N) is 2. The minimum Gasteiger partial charge on any atom is -0.494 e. The van der Waals surface area contributed by atoms with Crippen LogP contribution in [0.1, 0.15) is 87.1 Å². The zero-order valence-corrected chi connectivity index (χ0v) is 17.3. The summed E-state index contributed by atoms with van der Waals surface area (Å²) in [7, 11) is 0. The fraction of sp³-hybridized carbons (Fsp3) is 0.522. The van der Waals surface area contributed by atoms with Gasteiger partial charge in [-0.3, -0.25) is 0 Å². The molecular formula is C23H32N2O3. The lowest BCUT2D eigenvalue weighted by molar-refractivity contribution is 0.0273. The number of carbonyl (C=O) groups excluding carboxylic acids is 1. The van der Waals surface area contributed by atoms with Crippen molar-refractivity contribution in [2.45, 2.75) is 71.8 Å². The third-order valence-electron chi connectivity index (χ3n) is 4.60. The van der Waals surface area contributed by atoms with Crippen molar-refractivity contribution < 1.29 is 14.3 Å². The van der Waals surface area contributed by atoms with E-state index in [1.54, 1.807) is 12.4 Å². The van der Waals surface area contributed by atoms with Crippen LogP contribution in [0.2, 0.25) is 0 Å². The monoisotopic (exact) mass is 384 g/mol. The molecule has 0 aliphatic carbocycles. The van der Waals surface area contributed by atoms with E-state index >= 15 is 0 Å². The van der Waals surface area contributed by atoms with E-state index in [0.717, 1.165) is 42.6 Å². The number of benzene rings is 1. The van der Waals surface area contributed by atoms with E-state index in [-0.39, 0.29) is 11.9 Å². The van der Waals surface area contributed by atoms with Gasteiger partial charge >= 0.3 is 5.97 Å². The molecule has 1 aromatic heterocycles. The van der Waals surface area contributed by atoms with Gasteiger partial charge in [0.2, 0.25) is 5.82 Å². The fourth-order valence-corrected chi connectivity index (χ4v) is 2.85. The number of aromatic nitrogens is 2. The Balaban J connectivity index is 1.93. The molecule has 5 heteroatoms. The Morgan fingerprint density at radius 1 is 0.964 bits per heavy atom. The minimum atomic E-state index is -0.491. The van der Waals surface area contributed by atoms with Crippen LogP contribution in [0.5, 0.6) is 5.75 Å². The highest BCUT2D eigenvalue weighted by molar-refractivity contribution is 5.85. The summed E-state index contributed by atoms with van der Waals surface area (Å²) in [5, 5.41) is 0. The molecule has 0 amide bonds. The van der Waals surface area contributed by atoms with Crippen LogP contribution in [0.3, 0.4) is 0 Å². The van der Waals surface area contributed by atoms with Gasteiger partial charge in [-0.25, -0.2) is 14.8 Å². The van der Waals surface area contributed by atoms with Gasteiger partial charge in [-0.05, 0) is 48.9 Å². The van der Waals surface area contributed by atoms with Crippen LogP contribution in [0.15, 0.2) is 36.7 Å². The Morgan fingerprint density at radius 3 is 2.25 bits per heavy atom. The van der Waals surface area contributed by atoms with Crippen molar-refractivity contribution >= 4 is 5.97 Å². The zero-order chi connectivity index (χ0) is 20.2. The van der Waals surface area contributed by atoms with Crippen molar-refractivity contribution in [3.63, 3.8) is 0 Å². The number of aryl methyl sites for hydroxylation is 1. The number of ether oxygens (including phenoxy) is 2. The maximum absolute atomic E-state index is 12.4. The number of hydrogen-bond acceptors (Lipinski definition) is 5. The highest BCUT2D eigenvalue weighted by Gasteiger charge is 2.18. The molecule has 0 saturated carbocycles. The second-order valence-electron chi connectivity index (χ2n) is 6.95. The molecule has 1 unspecified atom stereocenters. The molecule has 2 aromatic rings. The van der Waals surface area contributed by atoms with Gasteiger partial charge < -0.3 is 9.47 Å². The molecule has 0 spiro atoms. The summed E-state index contributed by atoms with van der Waals surface area (Å²) in [5.41, 5.74) is 1.99. The van der Waals surface area contributed by atoms with Gasteiger partial charge in [0.15, 0.2) is 0 Å². The van der Waals surface area contributed by atoms with Gasteiger partial charge in [-0.2, -0.15) is 0 Å². The predicted molar refractivity (Wildman–Crippen MR) is 111 cm³/mol. The molecule has 0 radical (unpaired) electrons. The molecule has 0 bridgehead atoms. The topological polar surface area (TPSA) is 61.3 Å². The first-order valence-corrected chi connectivity index (χ1v) is 10.4. The predicted octanol–water partition coefficient (Wildman–Crippen LogP) is 5.70. The number of carbonyl (C=O) groups is 1. The van der Waals surface area contributed by atoms with Crippen molar-refractivity contribution in [2.75, 3.05) is 6.61 Å². The lowest BCUT2D eigenvalue weighted by atomic mass is 10.1. The maximum atomic E-state index is 12.4. The van der Waals surface area contributed by atoms with Gasteiger partial charge in [-0.15, -0.1) is 0 Å². The van der Waals surface area contributed by atoms with Gasteiger partial charge in [0, 0.05) is 12.4 Å². The van der Waals surface area contributed by atoms with E-state index in [0.29, 0.717) is 13.0 Å². The van der Waals surface area contributed by atoms with Gasteiger partial charge in [-0.1, -0.05) is 52.2 Å². The molecule has 1 atom stereocenters. The number of unbranched alkanes of at least 4 members (excludes halogenated alkanes) is 3. The van der Waals surface area contributed by atoms with Crippen molar-refractivity contribution in [3.05, 3.63) is 53.6 Å². The molecule has 1 heterocycles. The van der Waals surface area contributed by atoms with E-state index in [9.17, 15) is 4.79 Å². The van der Waals surface area contributed by atoms with Crippen LogP contribution in [0.25, 0.3) is 0 Å². The highest BCUT2D eigenvalue weighted by atomic mass is 16.5. The SMILES string of the molecule is CCCCCc1cnc(C(=O)OC(CC)c2ccc(OCCCC)cc2)nc1. The van der Waals surface area contributed by atoms with Gasteiger partial charge in [0.25, 0.3) is 0 Å². The standard InChI is InChI=1S/C23H32N2O3/c1-4-7-9-10-18-16-24-22(25-17-18)23(26)28-21(6-3)19-11-13-20(14-12-19)27-15-8-5-2/h11-14,16-17,21H,4-10,15H2,1-3H3. The first kappa shape index (κ1) is 21.9. The molecule has 28 heavy (non-hydrogen) atoms. The largest absolute Gasteiger partial charge is 0.494 e. The van der Waals surface area contributed by atoms with Crippen LogP contribution >= 0.6 is 0 Å². The Morgan fingerprint density at radius 2 is 1.64 bits per heavy atom. The quantitative estimate of drug-likeness (QED) is 0.347. The van der Waals surface area contributed by atoms with Crippen molar-refractivity contribution in [1.82, 2.24) is 9.97 Å². The van der Waals surface area contributed by atoms with Crippen molar-refractivity contribution in [3.8, 4) is 5.75 Å². The highest BCUT2D eigenvalue weighted by Crippen LogP contribution is 2.24. The van der Waals surface area contributed by atoms with Gasteiger partial charge in [0.05, 0.1) is 6.61 Å². The molecule has 5 nitrogen and oxygen atoms in total. The van der Waals surface area contributed by atoms with Crippen LogP contribution in [0.4, 0.5) is 0 Å².